The molecule has 0 saturated carbocycles. The van der Waals surface area contributed by atoms with E-state index >= 15 is 0 Å². The van der Waals surface area contributed by atoms with E-state index in [9.17, 15) is 12.8 Å². The zero-order chi connectivity index (χ0) is 8.32. The topological polar surface area (TPSA) is 46.2 Å². The zero-order valence-corrected chi connectivity index (χ0v) is 7.03. The maximum absolute atomic E-state index is 11.9. The molecule has 0 unspecified atom stereocenters. The number of rotatable bonds is 2. The highest BCUT2D eigenvalue weighted by Gasteiger charge is 2.26. The monoisotopic (exact) mass is 181 g/mol. The molecule has 11 heavy (non-hydrogen) atoms. The summed E-state index contributed by atoms with van der Waals surface area (Å²) in [5, 5.41) is 2.57. The molecular weight excluding hydrogens is 169 g/mol. The van der Waals surface area contributed by atoms with Gasteiger partial charge in [-0.1, -0.05) is 0 Å². The van der Waals surface area contributed by atoms with E-state index < -0.39 is 21.1 Å². The predicted molar refractivity (Wildman–Crippen MR) is 40.8 cm³/mol. The lowest BCUT2D eigenvalue weighted by Crippen LogP contribution is -2.36. The van der Waals surface area contributed by atoms with Crippen LogP contribution >= 0.6 is 0 Å². The van der Waals surface area contributed by atoms with Gasteiger partial charge in [-0.05, 0) is 25.9 Å². The Bertz CT molecular complexity index is 209. The van der Waals surface area contributed by atoms with E-state index in [0.717, 1.165) is 0 Å². The number of nitrogens with one attached hydrogen (secondary N) is 1. The van der Waals surface area contributed by atoms with Gasteiger partial charge in [-0.3, -0.25) is 0 Å². The molecule has 66 valence electrons. The molecule has 1 heterocycles. The van der Waals surface area contributed by atoms with Crippen LogP contribution in [0.4, 0.5) is 4.39 Å². The lowest BCUT2D eigenvalue weighted by molar-refractivity contribution is 0.476. The van der Waals surface area contributed by atoms with Crippen LogP contribution in [0, 0.1) is 0 Å². The van der Waals surface area contributed by atoms with Crippen molar-refractivity contribution in [2.24, 2.45) is 0 Å². The summed E-state index contributed by atoms with van der Waals surface area (Å²) in [7, 11) is -3.43. The Labute approximate surface area is 65.9 Å². The summed E-state index contributed by atoms with van der Waals surface area (Å²) in [5.41, 5.74) is 0. The number of hydrogen-bond donors (Lipinski definition) is 1. The van der Waals surface area contributed by atoms with Crippen molar-refractivity contribution in [2.75, 3.05) is 19.1 Å². The SMILES string of the molecule is O=S(=O)(CF)C1CCNCC1. The van der Waals surface area contributed by atoms with Crippen LogP contribution in [0.3, 0.4) is 0 Å². The molecule has 1 rings (SSSR count). The van der Waals surface area contributed by atoms with E-state index in [-0.39, 0.29) is 0 Å². The first-order valence-corrected chi connectivity index (χ1v) is 5.36. The third-order valence-corrected chi connectivity index (χ3v) is 3.74. The lowest BCUT2D eigenvalue weighted by Gasteiger charge is -2.20. The molecule has 1 N–H and O–H groups in total. The fourth-order valence-corrected chi connectivity index (χ4v) is 2.38. The van der Waals surface area contributed by atoms with Gasteiger partial charge < -0.3 is 5.32 Å². The van der Waals surface area contributed by atoms with Crippen LogP contribution in [0.15, 0.2) is 0 Å². The summed E-state index contributed by atoms with van der Waals surface area (Å²) in [5.74, 6) is 0. The summed E-state index contributed by atoms with van der Waals surface area (Å²) >= 11 is 0. The summed E-state index contributed by atoms with van der Waals surface area (Å²) in [4.78, 5) is 0. The molecule has 0 atom stereocenters. The molecule has 1 aliphatic heterocycles. The van der Waals surface area contributed by atoms with Crippen LogP contribution in [0.25, 0.3) is 0 Å². The molecule has 0 aromatic rings. The van der Waals surface area contributed by atoms with Gasteiger partial charge in [0.2, 0.25) is 0 Å². The molecule has 0 aliphatic carbocycles. The Morgan fingerprint density at radius 2 is 1.91 bits per heavy atom. The molecule has 0 spiro atoms. The number of piperidine rings is 1. The van der Waals surface area contributed by atoms with Crippen molar-refractivity contribution in [2.45, 2.75) is 18.1 Å². The Hall–Kier alpha value is -0.160. The van der Waals surface area contributed by atoms with Crippen molar-refractivity contribution in [3.8, 4) is 0 Å². The molecule has 0 radical (unpaired) electrons. The third-order valence-electron chi connectivity index (χ3n) is 1.95. The minimum atomic E-state index is -3.43. The van der Waals surface area contributed by atoms with Crippen molar-refractivity contribution < 1.29 is 12.8 Å². The summed E-state index contributed by atoms with van der Waals surface area (Å²) < 4.78 is 33.9. The Morgan fingerprint density at radius 1 is 1.36 bits per heavy atom. The van der Waals surface area contributed by atoms with Crippen LogP contribution in [0.1, 0.15) is 12.8 Å². The fourth-order valence-electron chi connectivity index (χ4n) is 1.24. The van der Waals surface area contributed by atoms with Gasteiger partial charge in [-0.25, -0.2) is 12.8 Å². The second-order valence-electron chi connectivity index (χ2n) is 2.72. The number of halogens is 1. The Morgan fingerprint density at radius 3 is 2.36 bits per heavy atom. The van der Waals surface area contributed by atoms with Gasteiger partial charge in [-0.15, -0.1) is 0 Å². The van der Waals surface area contributed by atoms with Gasteiger partial charge in [0.15, 0.2) is 15.8 Å². The highest BCUT2D eigenvalue weighted by molar-refractivity contribution is 7.91. The summed E-state index contributed by atoms with van der Waals surface area (Å²) in [6.45, 7) is 1.37. The quantitative estimate of drug-likeness (QED) is 0.656. The maximum Gasteiger partial charge on any atom is 0.191 e. The van der Waals surface area contributed by atoms with Gasteiger partial charge in [0.1, 0.15) is 0 Å². The van der Waals surface area contributed by atoms with Crippen LogP contribution in [0.2, 0.25) is 0 Å². The first-order chi connectivity index (χ1) is 5.17. The van der Waals surface area contributed by atoms with E-state index in [4.69, 9.17) is 0 Å². The van der Waals surface area contributed by atoms with E-state index in [0.29, 0.717) is 25.9 Å². The van der Waals surface area contributed by atoms with Crippen LogP contribution in [-0.2, 0) is 9.84 Å². The zero-order valence-electron chi connectivity index (χ0n) is 6.22. The minimum Gasteiger partial charge on any atom is -0.317 e. The van der Waals surface area contributed by atoms with Crippen molar-refractivity contribution in [1.29, 1.82) is 0 Å². The predicted octanol–water partition coefficient (Wildman–Crippen LogP) is 0.0802. The number of alkyl halides is 1. The van der Waals surface area contributed by atoms with Crippen LogP contribution < -0.4 is 5.32 Å². The van der Waals surface area contributed by atoms with Gasteiger partial charge >= 0.3 is 0 Å². The Kier molecular flexibility index (Phi) is 2.84. The molecule has 1 saturated heterocycles. The third kappa shape index (κ3) is 2.13. The van der Waals surface area contributed by atoms with Gasteiger partial charge in [0.05, 0.1) is 5.25 Å². The number of hydrogen-bond acceptors (Lipinski definition) is 3. The fraction of sp³-hybridized carbons (Fsp3) is 1.00. The Balaban J connectivity index is 2.58. The molecule has 3 nitrogen and oxygen atoms in total. The number of sulfone groups is 1. The van der Waals surface area contributed by atoms with E-state index in [1.807, 2.05) is 0 Å². The lowest BCUT2D eigenvalue weighted by atomic mass is 10.2. The summed E-state index contributed by atoms with van der Waals surface area (Å²) in [6, 6.07) is -1.21. The standard InChI is InChI=1S/C6H12FNO2S/c7-5-11(9,10)6-1-3-8-4-2-6/h6,8H,1-5H2. The normalized spacial score (nSPS) is 21.9. The van der Waals surface area contributed by atoms with Crippen molar-refractivity contribution >= 4 is 9.84 Å². The molecule has 0 aromatic heterocycles. The van der Waals surface area contributed by atoms with E-state index in [1.54, 1.807) is 0 Å². The van der Waals surface area contributed by atoms with Crippen molar-refractivity contribution in [3.05, 3.63) is 0 Å². The van der Waals surface area contributed by atoms with Crippen molar-refractivity contribution in [1.82, 2.24) is 5.32 Å². The first-order valence-electron chi connectivity index (χ1n) is 3.65. The molecule has 1 aliphatic rings. The molecule has 1 fully saturated rings. The highest BCUT2D eigenvalue weighted by atomic mass is 32.2. The average molecular weight is 181 g/mol. The molecule has 0 bridgehead atoms. The van der Waals surface area contributed by atoms with E-state index in [2.05, 4.69) is 5.32 Å². The second-order valence-corrected chi connectivity index (χ2v) is 4.93. The summed E-state index contributed by atoms with van der Waals surface area (Å²) in [6.07, 6.45) is 1.10. The first kappa shape index (κ1) is 8.93. The molecular formula is C6H12FNO2S. The minimum absolute atomic E-state index is 0.450. The van der Waals surface area contributed by atoms with Gasteiger partial charge in [-0.2, -0.15) is 0 Å². The maximum atomic E-state index is 11.9. The second kappa shape index (κ2) is 3.49. The van der Waals surface area contributed by atoms with Crippen LogP contribution in [-0.4, -0.2) is 32.8 Å². The largest absolute Gasteiger partial charge is 0.317 e. The van der Waals surface area contributed by atoms with Gasteiger partial charge in [0.25, 0.3) is 0 Å². The van der Waals surface area contributed by atoms with E-state index in [1.165, 1.54) is 0 Å². The van der Waals surface area contributed by atoms with Crippen LogP contribution in [0.5, 0.6) is 0 Å². The molecule has 0 amide bonds. The molecule has 0 aromatic carbocycles. The van der Waals surface area contributed by atoms with Crippen molar-refractivity contribution in [3.63, 3.8) is 0 Å². The smallest absolute Gasteiger partial charge is 0.191 e. The van der Waals surface area contributed by atoms with Gasteiger partial charge in [0, 0.05) is 0 Å². The average Bonchev–Trinajstić information content (AvgIpc) is 2.06. The molecule has 5 heteroatoms. The highest BCUT2D eigenvalue weighted by Crippen LogP contribution is 2.13.